The number of nitrogens with two attached hydrogens (primary N) is 1. The molecule has 0 aromatic heterocycles. The number of thiocarbonyl (C=S) groups is 1. The van der Waals surface area contributed by atoms with Gasteiger partial charge in [-0.1, -0.05) is 66.8 Å². The molecule has 0 saturated heterocycles. The minimum Gasteiger partial charge on any atom is -0.389 e. The Balaban J connectivity index is 1.85. The molecule has 0 saturated carbocycles. The summed E-state index contributed by atoms with van der Waals surface area (Å²) in [6.07, 6.45) is 0.913. The molecule has 0 aliphatic rings. The normalized spacial score (nSPS) is 10.3. The van der Waals surface area contributed by atoms with Crippen molar-refractivity contribution in [3.05, 3.63) is 71.3 Å². The third-order valence-electron chi connectivity index (χ3n) is 2.92. The first-order valence-electron chi connectivity index (χ1n) is 6.27. The van der Waals surface area contributed by atoms with Crippen molar-refractivity contribution in [3.8, 4) is 0 Å². The van der Waals surface area contributed by atoms with Crippen LogP contribution in [0.25, 0.3) is 0 Å². The Kier molecular flexibility index (Phi) is 5.07. The van der Waals surface area contributed by atoms with Crippen LogP contribution >= 0.6 is 12.2 Å². The summed E-state index contributed by atoms with van der Waals surface area (Å²) in [5.74, 6) is 0. The first-order chi connectivity index (χ1) is 9.27. The predicted octanol–water partition coefficient (Wildman–Crippen LogP) is 3.08. The lowest BCUT2D eigenvalue weighted by molar-refractivity contribution is 0.124. The molecule has 0 aliphatic heterocycles. The van der Waals surface area contributed by atoms with Crippen LogP contribution in [-0.4, -0.2) is 11.6 Å². The van der Waals surface area contributed by atoms with Crippen LogP contribution in [0.3, 0.4) is 0 Å². The molecule has 2 N–H and O–H groups in total. The SMILES string of the molecule is NC(=S)c1ccccc1COCCc1ccccc1. The van der Waals surface area contributed by atoms with E-state index in [9.17, 15) is 0 Å². The zero-order valence-corrected chi connectivity index (χ0v) is 11.5. The Bertz CT molecular complexity index is 539. The second-order valence-corrected chi connectivity index (χ2v) is 4.75. The first-order valence-corrected chi connectivity index (χ1v) is 6.67. The topological polar surface area (TPSA) is 35.2 Å². The number of hydrogen-bond donors (Lipinski definition) is 1. The number of rotatable bonds is 6. The molecular formula is C16H17NOS. The van der Waals surface area contributed by atoms with Crippen molar-refractivity contribution in [1.82, 2.24) is 0 Å². The van der Waals surface area contributed by atoms with Crippen molar-refractivity contribution < 1.29 is 4.74 Å². The quantitative estimate of drug-likeness (QED) is 0.648. The van der Waals surface area contributed by atoms with Crippen LogP contribution in [0, 0.1) is 0 Å². The molecule has 19 heavy (non-hydrogen) atoms. The van der Waals surface area contributed by atoms with E-state index in [1.807, 2.05) is 42.5 Å². The Morgan fingerprint density at radius 2 is 1.68 bits per heavy atom. The molecule has 0 aliphatic carbocycles. The van der Waals surface area contributed by atoms with Gasteiger partial charge in [0, 0.05) is 5.56 Å². The first kappa shape index (κ1) is 13.7. The van der Waals surface area contributed by atoms with Gasteiger partial charge in [-0.2, -0.15) is 0 Å². The molecule has 0 radical (unpaired) electrons. The van der Waals surface area contributed by atoms with Gasteiger partial charge in [0.1, 0.15) is 4.99 Å². The Hall–Kier alpha value is -1.71. The molecule has 0 unspecified atom stereocenters. The minimum atomic E-state index is 0.419. The molecule has 2 rings (SSSR count). The molecule has 0 fully saturated rings. The van der Waals surface area contributed by atoms with Gasteiger partial charge < -0.3 is 10.5 Å². The standard InChI is InChI=1S/C16H17NOS/c17-16(19)15-9-5-4-8-14(15)12-18-11-10-13-6-2-1-3-7-13/h1-9H,10-12H2,(H2,17,19). The minimum absolute atomic E-state index is 0.419. The highest BCUT2D eigenvalue weighted by molar-refractivity contribution is 7.80. The van der Waals surface area contributed by atoms with E-state index in [0.717, 1.165) is 17.5 Å². The maximum Gasteiger partial charge on any atom is 0.104 e. The van der Waals surface area contributed by atoms with E-state index in [-0.39, 0.29) is 0 Å². The molecule has 2 aromatic carbocycles. The Morgan fingerprint density at radius 3 is 2.42 bits per heavy atom. The number of benzene rings is 2. The molecule has 0 spiro atoms. The van der Waals surface area contributed by atoms with Gasteiger partial charge in [-0.05, 0) is 17.5 Å². The lowest BCUT2D eigenvalue weighted by Crippen LogP contribution is -2.13. The van der Waals surface area contributed by atoms with Gasteiger partial charge in [-0.25, -0.2) is 0 Å². The van der Waals surface area contributed by atoms with Gasteiger partial charge >= 0.3 is 0 Å². The van der Waals surface area contributed by atoms with Crippen LogP contribution in [-0.2, 0) is 17.8 Å². The molecule has 2 nitrogen and oxygen atoms in total. The largest absolute Gasteiger partial charge is 0.389 e. The van der Waals surface area contributed by atoms with Crippen LogP contribution in [0.2, 0.25) is 0 Å². The lowest BCUT2D eigenvalue weighted by Gasteiger charge is -2.09. The fourth-order valence-electron chi connectivity index (χ4n) is 1.90. The highest BCUT2D eigenvalue weighted by Crippen LogP contribution is 2.10. The summed E-state index contributed by atoms with van der Waals surface area (Å²) in [5, 5.41) is 0. The van der Waals surface area contributed by atoms with Crippen molar-refractivity contribution in [3.63, 3.8) is 0 Å². The highest BCUT2D eigenvalue weighted by Gasteiger charge is 2.03. The summed E-state index contributed by atoms with van der Waals surface area (Å²) in [6, 6.07) is 18.1. The Labute approximate surface area is 119 Å². The van der Waals surface area contributed by atoms with E-state index in [1.165, 1.54) is 5.56 Å². The van der Waals surface area contributed by atoms with E-state index in [4.69, 9.17) is 22.7 Å². The fraction of sp³-hybridized carbons (Fsp3) is 0.188. The third kappa shape index (κ3) is 4.16. The van der Waals surface area contributed by atoms with E-state index >= 15 is 0 Å². The average molecular weight is 271 g/mol. The van der Waals surface area contributed by atoms with Gasteiger partial charge in [0.2, 0.25) is 0 Å². The van der Waals surface area contributed by atoms with Crippen molar-refractivity contribution >= 4 is 17.2 Å². The van der Waals surface area contributed by atoms with Crippen LogP contribution in [0.15, 0.2) is 54.6 Å². The fourth-order valence-corrected chi connectivity index (χ4v) is 2.10. The summed E-state index contributed by atoms with van der Waals surface area (Å²) in [4.78, 5) is 0.419. The monoisotopic (exact) mass is 271 g/mol. The second kappa shape index (κ2) is 7.02. The van der Waals surface area contributed by atoms with Crippen LogP contribution in [0.5, 0.6) is 0 Å². The summed E-state index contributed by atoms with van der Waals surface area (Å²) in [5.41, 5.74) is 8.91. The Morgan fingerprint density at radius 1 is 1.00 bits per heavy atom. The summed E-state index contributed by atoms with van der Waals surface area (Å²) < 4.78 is 5.70. The van der Waals surface area contributed by atoms with E-state index in [0.29, 0.717) is 18.2 Å². The van der Waals surface area contributed by atoms with E-state index in [1.54, 1.807) is 0 Å². The number of hydrogen-bond acceptors (Lipinski definition) is 2. The second-order valence-electron chi connectivity index (χ2n) is 4.31. The maximum atomic E-state index is 5.70. The molecule has 0 heterocycles. The van der Waals surface area contributed by atoms with Crippen LogP contribution in [0.4, 0.5) is 0 Å². The smallest absolute Gasteiger partial charge is 0.104 e. The average Bonchev–Trinajstić information content (AvgIpc) is 2.45. The van der Waals surface area contributed by atoms with Gasteiger partial charge in [-0.3, -0.25) is 0 Å². The molecule has 3 heteroatoms. The van der Waals surface area contributed by atoms with Gasteiger partial charge in [0.15, 0.2) is 0 Å². The summed E-state index contributed by atoms with van der Waals surface area (Å²) in [7, 11) is 0. The van der Waals surface area contributed by atoms with Crippen molar-refractivity contribution in [2.45, 2.75) is 13.0 Å². The van der Waals surface area contributed by atoms with Crippen LogP contribution in [0.1, 0.15) is 16.7 Å². The third-order valence-corrected chi connectivity index (χ3v) is 3.14. The lowest BCUT2D eigenvalue weighted by atomic mass is 10.1. The highest BCUT2D eigenvalue weighted by atomic mass is 32.1. The molecular weight excluding hydrogens is 254 g/mol. The summed E-state index contributed by atoms with van der Waals surface area (Å²) >= 11 is 5.03. The molecule has 0 amide bonds. The van der Waals surface area contributed by atoms with Gasteiger partial charge in [-0.15, -0.1) is 0 Å². The molecule has 0 bridgehead atoms. The summed E-state index contributed by atoms with van der Waals surface area (Å²) in [6.45, 7) is 1.23. The van der Waals surface area contributed by atoms with E-state index < -0.39 is 0 Å². The van der Waals surface area contributed by atoms with Gasteiger partial charge in [0.25, 0.3) is 0 Å². The predicted molar refractivity (Wildman–Crippen MR) is 82.1 cm³/mol. The van der Waals surface area contributed by atoms with E-state index in [2.05, 4.69) is 12.1 Å². The van der Waals surface area contributed by atoms with Gasteiger partial charge in [0.05, 0.1) is 13.2 Å². The zero-order valence-electron chi connectivity index (χ0n) is 10.7. The molecule has 98 valence electrons. The molecule has 0 atom stereocenters. The zero-order chi connectivity index (χ0) is 13.5. The van der Waals surface area contributed by atoms with Crippen molar-refractivity contribution in [1.29, 1.82) is 0 Å². The van der Waals surface area contributed by atoms with Crippen LogP contribution < -0.4 is 5.73 Å². The maximum absolute atomic E-state index is 5.70. The molecule has 2 aromatic rings. The van der Waals surface area contributed by atoms with Crippen molar-refractivity contribution in [2.24, 2.45) is 5.73 Å². The number of ether oxygens (including phenoxy) is 1. The van der Waals surface area contributed by atoms with Crippen molar-refractivity contribution in [2.75, 3.05) is 6.61 Å².